The molecule has 2 aromatic rings. The van der Waals surface area contributed by atoms with E-state index in [0.717, 1.165) is 24.3 Å². The lowest BCUT2D eigenvalue weighted by molar-refractivity contribution is -0.137. The summed E-state index contributed by atoms with van der Waals surface area (Å²) in [5, 5.41) is 0.0789. The number of carbonyl (C=O) groups excluding carboxylic acids is 1. The van der Waals surface area contributed by atoms with Crippen LogP contribution in [-0.4, -0.2) is 10.8 Å². The van der Waals surface area contributed by atoms with Gasteiger partial charge in [-0.1, -0.05) is 17.7 Å². The topological polar surface area (TPSA) is 30.0 Å². The zero-order valence-electron chi connectivity index (χ0n) is 10.4. The fourth-order valence-corrected chi connectivity index (χ4v) is 1.89. The van der Waals surface area contributed by atoms with Gasteiger partial charge in [0.1, 0.15) is 11.5 Å². The second kappa shape index (κ2) is 5.81. The Bertz CT molecular complexity index is 668. The Morgan fingerprint density at radius 2 is 1.90 bits per heavy atom. The van der Waals surface area contributed by atoms with Crippen LogP contribution >= 0.6 is 11.6 Å². The Labute approximate surface area is 122 Å². The molecular weight excluding hydrogens is 310 g/mol. The minimum absolute atomic E-state index is 0.0789. The van der Waals surface area contributed by atoms with E-state index in [1.165, 1.54) is 6.07 Å². The first-order chi connectivity index (χ1) is 9.77. The van der Waals surface area contributed by atoms with E-state index in [1.54, 1.807) is 0 Å². The molecule has 2 rings (SSSR count). The van der Waals surface area contributed by atoms with Gasteiger partial charge >= 0.3 is 6.18 Å². The normalized spacial score (nSPS) is 11.5. The number of ketones is 1. The Morgan fingerprint density at radius 1 is 1.19 bits per heavy atom. The van der Waals surface area contributed by atoms with Crippen LogP contribution in [0.5, 0.6) is 0 Å². The molecule has 0 radical (unpaired) electrons. The molecule has 0 aliphatic rings. The molecule has 0 amide bonds. The zero-order valence-corrected chi connectivity index (χ0v) is 11.2. The second-order valence-corrected chi connectivity index (χ2v) is 4.67. The molecule has 0 spiro atoms. The summed E-state index contributed by atoms with van der Waals surface area (Å²) < 4.78 is 50.0. The number of nitrogens with zero attached hydrogens (tertiary/aromatic N) is 1. The Morgan fingerprint density at radius 3 is 2.43 bits per heavy atom. The molecule has 1 aromatic heterocycles. The summed E-state index contributed by atoms with van der Waals surface area (Å²) in [5.41, 5.74) is -0.660. The number of hydrogen-bond acceptors (Lipinski definition) is 2. The minimum atomic E-state index is -4.51. The lowest BCUT2D eigenvalue weighted by Crippen LogP contribution is -2.10. The maximum Gasteiger partial charge on any atom is 0.417 e. The van der Waals surface area contributed by atoms with Gasteiger partial charge in [0.2, 0.25) is 0 Å². The lowest BCUT2D eigenvalue weighted by Gasteiger charge is -2.07. The van der Waals surface area contributed by atoms with E-state index >= 15 is 0 Å². The molecule has 0 bridgehead atoms. The molecule has 21 heavy (non-hydrogen) atoms. The number of hydrogen-bond donors (Lipinski definition) is 0. The summed E-state index contributed by atoms with van der Waals surface area (Å²) in [6.07, 6.45) is -4.08. The monoisotopic (exact) mass is 317 g/mol. The standard InChI is InChI=1S/C14H8ClF4NO/c15-11-6-10(16)3-1-8(11)5-13(21)12-4-2-9(7-20-12)14(17,18)19/h1-4,6-7H,5H2. The van der Waals surface area contributed by atoms with Crippen LogP contribution in [0.15, 0.2) is 36.5 Å². The van der Waals surface area contributed by atoms with Crippen molar-refractivity contribution in [2.45, 2.75) is 12.6 Å². The highest BCUT2D eigenvalue weighted by Gasteiger charge is 2.30. The summed E-state index contributed by atoms with van der Waals surface area (Å²) in [7, 11) is 0. The van der Waals surface area contributed by atoms with E-state index < -0.39 is 23.3 Å². The highest BCUT2D eigenvalue weighted by molar-refractivity contribution is 6.31. The van der Waals surface area contributed by atoms with Crippen LogP contribution in [-0.2, 0) is 12.6 Å². The quantitative estimate of drug-likeness (QED) is 0.623. The molecule has 2 nitrogen and oxygen atoms in total. The van der Waals surface area contributed by atoms with E-state index in [0.29, 0.717) is 11.8 Å². The number of benzene rings is 1. The van der Waals surface area contributed by atoms with Crippen molar-refractivity contribution >= 4 is 17.4 Å². The van der Waals surface area contributed by atoms with Crippen molar-refractivity contribution in [3.05, 3.63) is 64.2 Å². The van der Waals surface area contributed by atoms with E-state index in [2.05, 4.69) is 4.98 Å². The molecule has 0 fully saturated rings. The number of carbonyl (C=O) groups is 1. The fourth-order valence-electron chi connectivity index (χ4n) is 1.66. The van der Waals surface area contributed by atoms with Crippen molar-refractivity contribution in [2.24, 2.45) is 0 Å². The Hall–Kier alpha value is -1.95. The molecular formula is C14H8ClF4NO. The van der Waals surface area contributed by atoms with Crippen molar-refractivity contribution < 1.29 is 22.4 Å². The van der Waals surface area contributed by atoms with E-state index in [4.69, 9.17) is 11.6 Å². The van der Waals surface area contributed by atoms with Crippen LogP contribution < -0.4 is 0 Å². The molecule has 0 saturated carbocycles. The van der Waals surface area contributed by atoms with Gasteiger partial charge in [0.15, 0.2) is 5.78 Å². The molecule has 0 atom stereocenters. The maximum absolute atomic E-state index is 12.9. The van der Waals surface area contributed by atoms with Crippen molar-refractivity contribution in [1.82, 2.24) is 4.98 Å². The molecule has 0 aliphatic heterocycles. The van der Waals surface area contributed by atoms with Crippen molar-refractivity contribution in [3.8, 4) is 0 Å². The smallest absolute Gasteiger partial charge is 0.292 e. The van der Waals surface area contributed by atoms with Gasteiger partial charge in [-0.15, -0.1) is 0 Å². The lowest BCUT2D eigenvalue weighted by atomic mass is 10.1. The van der Waals surface area contributed by atoms with Gasteiger partial charge in [-0.3, -0.25) is 9.78 Å². The molecule has 0 saturated heterocycles. The fraction of sp³-hybridized carbons (Fsp3) is 0.143. The first-order valence-electron chi connectivity index (χ1n) is 5.78. The van der Waals surface area contributed by atoms with E-state index in [9.17, 15) is 22.4 Å². The first kappa shape index (κ1) is 15.4. The van der Waals surface area contributed by atoms with Crippen LogP contribution in [0.3, 0.4) is 0 Å². The number of halogens is 5. The molecule has 1 heterocycles. The highest BCUT2D eigenvalue weighted by Crippen LogP contribution is 2.28. The third kappa shape index (κ3) is 3.78. The van der Waals surface area contributed by atoms with E-state index in [-0.39, 0.29) is 17.1 Å². The molecule has 1 aromatic carbocycles. The largest absolute Gasteiger partial charge is 0.417 e. The van der Waals surface area contributed by atoms with Crippen LogP contribution in [0, 0.1) is 5.82 Å². The van der Waals surface area contributed by atoms with Crippen LogP contribution in [0.1, 0.15) is 21.6 Å². The average Bonchev–Trinajstić information content (AvgIpc) is 2.41. The van der Waals surface area contributed by atoms with Gasteiger partial charge in [0.25, 0.3) is 0 Å². The summed E-state index contributed by atoms with van der Waals surface area (Å²) in [4.78, 5) is 15.4. The zero-order chi connectivity index (χ0) is 15.6. The average molecular weight is 318 g/mol. The summed E-state index contributed by atoms with van der Waals surface area (Å²) in [6.45, 7) is 0. The minimum Gasteiger partial charge on any atom is -0.292 e. The van der Waals surface area contributed by atoms with Gasteiger partial charge < -0.3 is 0 Å². The van der Waals surface area contributed by atoms with Crippen molar-refractivity contribution in [2.75, 3.05) is 0 Å². The van der Waals surface area contributed by atoms with Crippen molar-refractivity contribution in [3.63, 3.8) is 0 Å². The van der Waals surface area contributed by atoms with Gasteiger partial charge in [-0.25, -0.2) is 4.39 Å². The third-order valence-corrected chi connectivity index (χ3v) is 3.09. The summed E-state index contributed by atoms with van der Waals surface area (Å²) in [5.74, 6) is -1.04. The van der Waals surface area contributed by atoms with Crippen LogP contribution in [0.4, 0.5) is 17.6 Å². The number of alkyl halides is 3. The molecule has 110 valence electrons. The molecule has 7 heteroatoms. The Kier molecular flexibility index (Phi) is 4.27. The Balaban J connectivity index is 2.17. The first-order valence-corrected chi connectivity index (χ1v) is 6.15. The van der Waals surface area contributed by atoms with Gasteiger partial charge in [0.05, 0.1) is 5.56 Å². The van der Waals surface area contributed by atoms with Crippen molar-refractivity contribution in [1.29, 1.82) is 0 Å². The maximum atomic E-state index is 12.9. The summed E-state index contributed by atoms with van der Waals surface area (Å²) in [6, 6.07) is 5.34. The number of rotatable bonds is 3. The number of Topliss-reactive ketones (excluding diaryl/α,β-unsaturated/α-hetero) is 1. The molecule has 0 unspecified atom stereocenters. The third-order valence-electron chi connectivity index (χ3n) is 2.74. The SMILES string of the molecule is O=C(Cc1ccc(F)cc1Cl)c1ccc(C(F)(F)F)cn1. The number of aromatic nitrogens is 1. The van der Waals surface area contributed by atoms with Gasteiger partial charge in [-0.2, -0.15) is 13.2 Å². The van der Waals surface area contributed by atoms with Crippen LogP contribution in [0.2, 0.25) is 5.02 Å². The molecule has 0 aliphatic carbocycles. The predicted octanol–water partition coefficient (Wildman–Crippen LogP) is 4.32. The van der Waals surface area contributed by atoms with Gasteiger partial charge in [0, 0.05) is 17.6 Å². The van der Waals surface area contributed by atoms with Crippen LogP contribution in [0.25, 0.3) is 0 Å². The van der Waals surface area contributed by atoms with Gasteiger partial charge in [-0.05, 0) is 29.8 Å². The van der Waals surface area contributed by atoms with E-state index in [1.807, 2.05) is 0 Å². The predicted molar refractivity (Wildman–Crippen MR) is 68.7 cm³/mol. The summed E-state index contributed by atoms with van der Waals surface area (Å²) >= 11 is 5.78. The number of pyridine rings is 1. The second-order valence-electron chi connectivity index (χ2n) is 4.27. The highest BCUT2D eigenvalue weighted by atomic mass is 35.5. The molecule has 0 N–H and O–H groups in total.